The Labute approximate surface area is 110 Å². The van der Waals surface area contributed by atoms with Crippen molar-refractivity contribution < 1.29 is 19.4 Å². The van der Waals surface area contributed by atoms with Crippen LogP contribution in [0.1, 0.15) is 23.4 Å². The number of hydrogen-bond acceptors (Lipinski definition) is 3. The molecule has 0 aromatic heterocycles. The fourth-order valence-electron chi connectivity index (χ4n) is 1.52. The van der Waals surface area contributed by atoms with Crippen LogP contribution in [0.15, 0.2) is 24.3 Å². The lowest BCUT2D eigenvalue weighted by Gasteiger charge is -2.14. The maximum atomic E-state index is 11.4. The molecule has 0 saturated heterocycles. The van der Waals surface area contributed by atoms with Crippen LogP contribution in [0.25, 0.3) is 6.08 Å². The van der Waals surface area contributed by atoms with Crippen molar-refractivity contribution in [1.29, 1.82) is 0 Å². The third kappa shape index (κ3) is 3.34. The van der Waals surface area contributed by atoms with Crippen LogP contribution in [-0.2, 0) is 9.59 Å². The Morgan fingerprint density at radius 3 is 2.61 bits per heavy atom. The molecule has 18 heavy (non-hydrogen) atoms. The molecule has 0 radical (unpaired) electrons. The number of carbonyl (C=O) groups excluding carboxylic acids is 1. The van der Waals surface area contributed by atoms with Crippen LogP contribution < -0.4 is 4.74 Å². The van der Waals surface area contributed by atoms with Crippen molar-refractivity contribution in [3.63, 3.8) is 0 Å². The molecule has 0 fully saturated rings. The number of methoxy groups -OCH3 is 1. The highest BCUT2D eigenvalue weighted by molar-refractivity contribution is 6.31. The molecule has 1 rings (SSSR count). The highest BCUT2D eigenvalue weighted by Crippen LogP contribution is 2.34. The second-order valence-corrected chi connectivity index (χ2v) is 4.04. The van der Waals surface area contributed by atoms with Crippen molar-refractivity contribution in [2.75, 3.05) is 7.11 Å². The summed E-state index contributed by atoms with van der Waals surface area (Å²) in [5.74, 6) is -0.846. The number of rotatable bonds is 5. The van der Waals surface area contributed by atoms with E-state index in [0.29, 0.717) is 16.9 Å². The molecule has 1 N–H and O–H groups in total. The molecule has 1 unspecified atom stereocenters. The second-order valence-electron chi connectivity index (χ2n) is 3.61. The predicted octanol–water partition coefficient (Wildman–Crippen LogP) is 2.66. The second kappa shape index (κ2) is 6.21. The molecule has 0 aliphatic heterocycles. The Morgan fingerprint density at radius 2 is 2.11 bits per heavy atom. The molecule has 1 atom stereocenters. The minimum atomic E-state index is -1.07. The zero-order valence-electron chi connectivity index (χ0n) is 10.0. The van der Waals surface area contributed by atoms with Crippen LogP contribution in [-0.4, -0.2) is 24.0 Å². The monoisotopic (exact) mass is 268 g/mol. The molecule has 0 heterocycles. The fraction of sp³-hybridized carbons (Fsp3) is 0.231. The molecule has 0 saturated carbocycles. The topological polar surface area (TPSA) is 63.6 Å². The highest BCUT2D eigenvalue weighted by atomic mass is 35.5. The summed E-state index contributed by atoms with van der Waals surface area (Å²) in [5, 5.41) is 7.76. The summed E-state index contributed by atoms with van der Waals surface area (Å²) in [5.41, 5.74) is 1.03. The van der Waals surface area contributed by atoms with Gasteiger partial charge in [0.2, 0.25) is 0 Å². The van der Waals surface area contributed by atoms with E-state index in [4.69, 9.17) is 21.4 Å². The number of halogens is 1. The summed E-state index contributed by atoms with van der Waals surface area (Å²) < 4.78 is 5.15. The Kier molecular flexibility index (Phi) is 4.92. The summed E-state index contributed by atoms with van der Waals surface area (Å²) in [6.45, 7) is 1.37. The van der Waals surface area contributed by atoms with Crippen LogP contribution >= 0.6 is 11.6 Å². The normalized spacial score (nSPS) is 12.4. The molecule has 96 valence electrons. The smallest absolute Gasteiger partial charge is 0.328 e. The van der Waals surface area contributed by atoms with E-state index in [-0.39, 0.29) is 5.78 Å². The van der Waals surface area contributed by atoms with Gasteiger partial charge in [0.25, 0.3) is 0 Å². The average molecular weight is 269 g/mol. The van der Waals surface area contributed by atoms with Gasteiger partial charge in [-0.2, -0.15) is 0 Å². The standard InChI is InChI=1S/C13H13ClO4/c1-8(15)13(14)12-9(6-7-11(16)17)4-3-5-10(12)18-2/h3-7,13H,1-2H3,(H,16,17). The summed E-state index contributed by atoms with van der Waals surface area (Å²) in [4.78, 5) is 21.9. The van der Waals surface area contributed by atoms with Gasteiger partial charge in [0.05, 0.1) is 7.11 Å². The lowest BCUT2D eigenvalue weighted by Crippen LogP contribution is -2.06. The van der Waals surface area contributed by atoms with E-state index in [2.05, 4.69) is 0 Å². The third-order valence-electron chi connectivity index (χ3n) is 2.34. The number of carboxylic acids is 1. The molecule has 0 bridgehead atoms. The number of benzene rings is 1. The first-order valence-electron chi connectivity index (χ1n) is 5.19. The summed E-state index contributed by atoms with van der Waals surface area (Å²) in [6, 6.07) is 5.05. The first kappa shape index (κ1) is 14.3. The number of carboxylic acid groups (broad SMARTS) is 1. The van der Waals surface area contributed by atoms with E-state index in [1.807, 2.05) is 0 Å². The van der Waals surface area contributed by atoms with Crippen molar-refractivity contribution in [3.05, 3.63) is 35.4 Å². The van der Waals surface area contributed by atoms with Crippen LogP contribution in [0.5, 0.6) is 5.75 Å². The Hall–Kier alpha value is -1.81. The SMILES string of the molecule is COc1cccc(C=CC(=O)O)c1C(Cl)C(C)=O. The largest absolute Gasteiger partial charge is 0.496 e. The van der Waals surface area contributed by atoms with Gasteiger partial charge in [-0.3, -0.25) is 4.79 Å². The fourth-order valence-corrected chi connectivity index (χ4v) is 1.75. The van der Waals surface area contributed by atoms with Gasteiger partial charge in [-0.25, -0.2) is 4.79 Å². The van der Waals surface area contributed by atoms with E-state index in [0.717, 1.165) is 6.08 Å². The maximum absolute atomic E-state index is 11.4. The average Bonchev–Trinajstić information content (AvgIpc) is 2.34. The molecular weight excluding hydrogens is 256 g/mol. The number of carbonyl (C=O) groups is 2. The lowest BCUT2D eigenvalue weighted by atomic mass is 10.0. The van der Waals surface area contributed by atoms with Crippen LogP contribution in [0.2, 0.25) is 0 Å². The highest BCUT2D eigenvalue weighted by Gasteiger charge is 2.20. The summed E-state index contributed by atoms with van der Waals surface area (Å²) >= 11 is 6.03. The number of aliphatic carboxylic acids is 1. The first-order valence-corrected chi connectivity index (χ1v) is 5.63. The van der Waals surface area contributed by atoms with Crippen molar-refractivity contribution >= 4 is 29.4 Å². The Bertz CT molecular complexity index is 494. The van der Waals surface area contributed by atoms with Gasteiger partial charge in [-0.05, 0) is 24.6 Å². The van der Waals surface area contributed by atoms with Crippen LogP contribution in [0.3, 0.4) is 0 Å². The quantitative estimate of drug-likeness (QED) is 0.659. The number of ether oxygens (including phenoxy) is 1. The Morgan fingerprint density at radius 1 is 1.44 bits per heavy atom. The van der Waals surface area contributed by atoms with E-state index in [1.54, 1.807) is 18.2 Å². The number of ketones is 1. The zero-order chi connectivity index (χ0) is 13.7. The molecule has 0 amide bonds. The molecule has 5 heteroatoms. The van der Waals surface area contributed by atoms with Gasteiger partial charge < -0.3 is 9.84 Å². The predicted molar refractivity (Wildman–Crippen MR) is 68.9 cm³/mol. The Balaban J connectivity index is 3.33. The van der Waals surface area contributed by atoms with Crippen LogP contribution in [0, 0.1) is 0 Å². The third-order valence-corrected chi connectivity index (χ3v) is 2.86. The van der Waals surface area contributed by atoms with Gasteiger partial charge >= 0.3 is 5.97 Å². The number of alkyl halides is 1. The molecule has 0 aliphatic carbocycles. The van der Waals surface area contributed by atoms with Gasteiger partial charge in [0.15, 0.2) is 5.78 Å². The van der Waals surface area contributed by atoms with Crippen molar-refractivity contribution in [2.45, 2.75) is 12.3 Å². The number of Topliss-reactive ketones (excluding diaryl/α,β-unsaturated/α-hetero) is 1. The molecule has 4 nitrogen and oxygen atoms in total. The molecule has 0 spiro atoms. The van der Waals surface area contributed by atoms with E-state index in [1.165, 1.54) is 20.1 Å². The summed E-state index contributed by atoms with van der Waals surface area (Å²) in [7, 11) is 1.47. The summed E-state index contributed by atoms with van der Waals surface area (Å²) in [6.07, 6.45) is 2.38. The minimum absolute atomic E-state index is 0.230. The van der Waals surface area contributed by atoms with Crippen molar-refractivity contribution in [3.8, 4) is 5.75 Å². The molecule has 0 aliphatic rings. The van der Waals surface area contributed by atoms with Crippen molar-refractivity contribution in [2.24, 2.45) is 0 Å². The van der Waals surface area contributed by atoms with E-state index < -0.39 is 11.3 Å². The molecular formula is C13H13ClO4. The maximum Gasteiger partial charge on any atom is 0.328 e. The van der Waals surface area contributed by atoms with E-state index in [9.17, 15) is 9.59 Å². The van der Waals surface area contributed by atoms with Crippen molar-refractivity contribution in [1.82, 2.24) is 0 Å². The molecule has 1 aromatic carbocycles. The number of hydrogen-bond donors (Lipinski definition) is 1. The molecule has 1 aromatic rings. The van der Waals surface area contributed by atoms with Gasteiger partial charge in [-0.15, -0.1) is 11.6 Å². The van der Waals surface area contributed by atoms with E-state index >= 15 is 0 Å². The van der Waals surface area contributed by atoms with Gasteiger partial charge in [0, 0.05) is 11.6 Å². The van der Waals surface area contributed by atoms with Gasteiger partial charge in [0.1, 0.15) is 11.1 Å². The zero-order valence-corrected chi connectivity index (χ0v) is 10.8. The minimum Gasteiger partial charge on any atom is -0.496 e. The van der Waals surface area contributed by atoms with Crippen LogP contribution in [0.4, 0.5) is 0 Å². The first-order chi connectivity index (χ1) is 8.47. The van der Waals surface area contributed by atoms with Gasteiger partial charge in [-0.1, -0.05) is 12.1 Å². The lowest BCUT2D eigenvalue weighted by molar-refractivity contribution is -0.131.